The van der Waals surface area contributed by atoms with Gasteiger partial charge in [-0.2, -0.15) is 0 Å². The summed E-state index contributed by atoms with van der Waals surface area (Å²) in [5, 5.41) is 19.3. The standard InChI is InChI=1S/C21H24O6/c1-21(2,20(25)14-7-9-16(23)18(12-14)27-4)19(24)10-6-13-5-8-15(22)17(11-13)26-3/h5,7-9,11-12,22-23H,6,10H2,1-4H3. The van der Waals surface area contributed by atoms with Gasteiger partial charge in [0.05, 0.1) is 19.6 Å². The monoisotopic (exact) mass is 372 g/mol. The SMILES string of the molecule is COc1cc(CCC(=O)C(C)(C)C(=O)c2ccc(O)c(OC)c2)ccc1O. The Bertz CT molecular complexity index is 854. The van der Waals surface area contributed by atoms with E-state index in [-0.39, 0.29) is 35.2 Å². The molecule has 0 bridgehead atoms. The van der Waals surface area contributed by atoms with Gasteiger partial charge in [-0.15, -0.1) is 0 Å². The van der Waals surface area contributed by atoms with E-state index in [4.69, 9.17) is 9.47 Å². The van der Waals surface area contributed by atoms with Crippen molar-refractivity contribution in [2.45, 2.75) is 26.7 Å². The van der Waals surface area contributed by atoms with Crippen molar-refractivity contribution in [2.24, 2.45) is 5.41 Å². The highest BCUT2D eigenvalue weighted by Gasteiger charge is 2.36. The summed E-state index contributed by atoms with van der Waals surface area (Å²) < 4.78 is 10.1. The van der Waals surface area contributed by atoms with E-state index in [2.05, 4.69) is 0 Å². The average Bonchev–Trinajstić information content (AvgIpc) is 2.66. The van der Waals surface area contributed by atoms with Gasteiger partial charge in [0.15, 0.2) is 28.8 Å². The number of hydrogen-bond acceptors (Lipinski definition) is 6. The zero-order valence-corrected chi connectivity index (χ0v) is 15.9. The van der Waals surface area contributed by atoms with Crippen molar-refractivity contribution in [2.75, 3.05) is 14.2 Å². The number of Topliss-reactive ketones (excluding diaryl/α,β-unsaturated/α-hetero) is 2. The van der Waals surface area contributed by atoms with E-state index in [1.807, 2.05) is 0 Å². The number of carbonyl (C=O) groups excluding carboxylic acids is 2. The molecule has 0 aliphatic heterocycles. The lowest BCUT2D eigenvalue weighted by atomic mass is 9.78. The Morgan fingerprint density at radius 3 is 2.07 bits per heavy atom. The van der Waals surface area contributed by atoms with Gasteiger partial charge in [0.25, 0.3) is 0 Å². The smallest absolute Gasteiger partial charge is 0.175 e. The maximum absolute atomic E-state index is 12.8. The summed E-state index contributed by atoms with van der Waals surface area (Å²) in [6.07, 6.45) is 0.590. The molecule has 0 heterocycles. The van der Waals surface area contributed by atoms with E-state index in [1.165, 1.54) is 38.5 Å². The van der Waals surface area contributed by atoms with Crippen LogP contribution < -0.4 is 9.47 Å². The molecule has 0 aliphatic carbocycles. The van der Waals surface area contributed by atoms with Crippen LogP contribution in [0.15, 0.2) is 36.4 Å². The second-order valence-corrected chi connectivity index (χ2v) is 6.77. The summed E-state index contributed by atoms with van der Waals surface area (Å²) in [5.41, 5.74) is -0.0925. The first-order valence-corrected chi connectivity index (χ1v) is 8.51. The van der Waals surface area contributed by atoms with Crippen molar-refractivity contribution >= 4 is 11.6 Å². The third kappa shape index (κ3) is 4.39. The second-order valence-electron chi connectivity index (χ2n) is 6.77. The summed E-state index contributed by atoms with van der Waals surface area (Å²) in [5.74, 6) is -0.0590. The Morgan fingerprint density at radius 1 is 0.926 bits per heavy atom. The summed E-state index contributed by atoms with van der Waals surface area (Å²) in [6, 6.07) is 9.16. The van der Waals surface area contributed by atoms with E-state index < -0.39 is 5.41 Å². The van der Waals surface area contributed by atoms with Gasteiger partial charge in [0, 0.05) is 12.0 Å². The molecule has 2 aromatic rings. The Kier molecular flexibility index (Phi) is 6.10. The van der Waals surface area contributed by atoms with Crippen LogP contribution >= 0.6 is 0 Å². The van der Waals surface area contributed by atoms with Crippen LogP contribution in [0.3, 0.4) is 0 Å². The van der Waals surface area contributed by atoms with Gasteiger partial charge in [-0.25, -0.2) is 0 Å². The van der Waals surface area contributed by atoms with Crippen molar-refractivity contribution in [3.8, 4) is 23.0 Å². The normalized spacial score (nSPS) is 11.1. The number of phenols is 2. The van der Waals surface area contributed by atoms with Crippen LogP contribution in [0.25, 0.3) is 0 Å². The average molecular weight is 372 g/mol. The van der Waals surface area contributed by atoms with Gasteiger partial charge in [0.1, 0.15) is 5.78 Å². The number of rotatable bonds is 8. The Balaban J connectivity index is 2.13. The number of ether oxygens (including phenoxy) is 2. The van der Waals surface area contributed by atoms with E-state index in [0.717, 1.165) is 5.56 Å². The first kappa shape index (κ1) is 20.3. The minimum Gasteiger partial charge on any atom is -0.504 e. The lowest BCUT2D eigenvalue weighted by Gasteiger charge is -2.22. The van der Waals surface area contributed by atoms with Crippen LogP contribution in [0.5, 0.6) is 23.0 Å². The number of ketones is 2. The van der Waals surface area contributed by atoms with Gasteiger partial charge in [0.2, 0.25) is 0 Å². The number of hydrogen-bond donors (Lipinski definition) is 2. The first-order valence-electron chi connectivity index (χ1n) is 8.51. The quantitative estimate of drug-likeness (QED) is 0.544. The molecule has 6 heteroatoms. The second kappa shape index (κ2) is 8.12. The van der Waals surface area contributed by atoms with Crippen molar-refractivity contribution in [3.63, 3.8) is 0 Å². The van der Waals surface area contributed by atoms with Crippen LogP contribution in [0.2, 0.25) is 0 Å². The first-order chi connectivity index (χ1) is 12.7. The number of phenolic OH excluding ortho intramolecular Hbond substituents is 2. The zero-order chi connectivity index (χ0) is 20.2. The summed E-state index contributed by atoms with van der Waals surface area (Å²) in [7, 11) is 2.85. The van der Waals surface area contributed by atoms with Crippen molar-refractivity contribution in [1.29, 1.82) is 0 Å². The van der Waals surface area contributed by atoms with Gasteiger partial charge < -0.3 is 19.7 Å². The molecule has 27 heavy (non-hydrogen) atoms. The molecule has 0 saturated heterocycles. The van der Waals surface area contributed by atoms with Crippen molar-refractivity contribution < 1.29 is 29.3 Å². The fourth-order valence-electron chi connectivity index (χ4n) is 2.75. The Morgan fingerprint density at radius 2 is 1.48 bits per heavy atom. The van der Waals surface area contributed by atoms with Gasteiger partial charge in [-0.05, 0) is 56.2 Å². The minimum atomic E-state index is -1.22. The topological polar surface area (TPSA) is 93.1 Å². The number of carbonyl (C=O) groups is 2. The maximum atomic E-state index is 12.8. The predicted molar refractivity (Wildman–Crippen MR) is 101 cm³/mol. The van der Waals surface area contributed by atoms with Crippen molar-refractivity contribution in [3.05, 3.63) is 47.5 Å². The molecular weight excluding hydrogens is 348 g/mol. The van der Waals surface area contributed by atoms with Crippen LogP contribution in [0.1, 0.15) is 36.2 Å². The summed E-state index contributed by atoms with van der Waals surface area (Å²) >= 11 is 0. The van der Waals surface area contributed by atoms with Gasteiger partial charge in [-0.1, -0.05) is 6.07 Å². The molecule has 0 unspecified atom stereocenters. The number of aromatic hydroxyl groups is 2. The fourth-order valence-corrected chi connectivity index (χ4v) is 2.75. The van der Waals surface area contributed by atoms with Crippen LogP contribution in [-0.4, -0.2) is 36.0 Å². The molecule has 2 rings (SSSR count). The largest absolute Gasteiger partial charge is 0.504 e. The predicted octanol–water partition coefficient (Wildman–Crippen LogP) is 3.53. The number of methoxy groups -OCH3 is 2. The molecule has 0 atom stereocenters. The zero-order valence-electron chi connectivity index (χ0n) is 15.9. The molecule has 0 aromatic heterocycles. The highest BCUT2D eigenvalue weighted by atomic mass is 16.5. The van der Waals surface area contributed by atoms with Gasteiger partial charge >= 0.3 is 0 Å². The van der Waals surface area contributed by atoms with Crippen molar-refractivity contribution in [1.82, 2.24) is 0 Å². The Hall–Kier alpha value is -3.02. The van der Waals surface area contributed by atoms with Crippen LogP contribution in [-0.2, 0) is 11.2 Å². The molecule has 0 saturated carbocycles. The molecule has 0 amide bonds. The summed E-state index contributed by atoms with van der Waals surface area (Å²) in [4.78, 5) is 25.5. The highest BCUT2D eigenvalue weighted by Crippen LogP contribution is 2.32. The lowest BCUT2D eigenvalue weighted by Crippen LogP contribution is -2.33. The summed E-state index contributed by atoms with van der Waals surface area (Å²) in [6.45, 7) is 3.18. The van der Waals surface area contributed by atoms with Gasteiger partial charge in [-0.3, -0.25) is 9.59 Å². The lowest BCUT2D eigenvalue weighted by molar-refractivity contribution is -0.124. The third-order valence-electron chi connectivity index (χ3n) is 4.59. The molecule has 0 spiro atoms. The van der Waals surface area contributed by atoms with Crippen LogP contribution in [0.4, 0.5) is 0 Å². The maximum Gasteiger partial charge on any atom is 0.175 e. The molecule has 144 valence electrons. The van der Waals surface area contributed by atoms with E-state index in [1.54, 1.807) is 26.0 Å². The molecule has 2 N–H and O–H groups in total. The fraction of sp³-hybridized carbons (Fsp3) is 0.333. The number of aryl methyl sites for hydroxylation is 1. The molecule has 0 aliphatic rings. The molecule has 0 fully saturated rings. The van der Waals surface area contributed by atoms with Crippen LogP contribution in [0, 0.1) is 5.41 Å². The van der Waals surface area contributed by atoms with E-state index in [0.29, 0.717) is 17.7 Å². The highest BCUT2D eigenvalue weighted by molar-refractivity contribution is 6.14. The molecule has 2 aromatic carbocycles. The number of benzene rings is 2. The van der Waals surface area contributed by atoms with E-state index >= 15 is 0 Å². The minimum absolute atomic E-state index is 0.0318. The molecular formula is C21H24O6. The molecule has 6 nitrogen and oxygen atoms in total. The van der Waals surface area contributed by atoms with E-state index in [9.17, 15) is 19.8 Å². The molecule has 0 radical (unpaired) electrons. The Labute approximate surface area is 158 Å². The third-order valence-corrected chi connectivity index (χ3v) is 4.59.